The summed E-state index contributed by atoms with van der Waals surface area (Å²) in [5.41, 5.74) is 5.59. The maximum atomic E-state index is 12.0. The number of benzene rings is 1. The fourth-order valence-corrected chi connectivity index (χ4v) is 3.68. The lowest BCUT2D eigenvalue weighted by Gasteiger charge is -2.26. The lowest BCUT2D eigenvalue weighted by Crippen LogP contribution is -2.24. The van der Waals surface area contributed by atoms with E-state index in [0.717, 1.165) is 46.6 Å². The highest BCUT2D eigenvalue weighted by Gasteiger charge is 2.25. The molecule has 6 heteroatoms. The van der Waals surface area contributed by atoms with Gasteiger partial charge in [0.25, 0.3) is 0 Å². The fourth-order valence-electron chi connectivity index (χ4n) is 3.29. The summed E-state index contributed by atoms with van der Waals surface area (Å²) in [5.74, 6) is 0.298. The van der Waals surface area contributed by atoms with Crippen LogP contribution in [-0.4, -0.2) is 36.5 Å². The summed E-state index contributed by atoms with van der Waals surface area (Å²) in [5, 5.41) is 12.8. The lowest BCUT2D eigenvalue weighted by atomic mass is 10.1. The maximum Gasteiger partial charge on any atom is 0.153 e. The van der Waals surface area contributed by atoms with Gasteiger partial charge < -0.3 is 15.3 Å². The normalized spacial score (nSPS) is 15.2. The number of phenols is 1. The third-order valence-electron chi connectivity index (χ3n) is 5.08. The van der Waals surface area contributed by atoms with Gasteiger partial charge >= 0.3 is 0 Å². The molecule has 0 fully saturated rings. The fraction of sp³-hybridized carbons (Fsp3) is 0.500. The van der Waals surface area contributed by atoms with Gasteiger partial charge in [-0.05, 0) is 49.9 Å². The first-order chi connectivity index (χ1) is 14.1. The molecular formula is C24H38N2O3S. The highest BCUT2D eigenvalue weighted by Crippen LogP contribution is 2.34. The molecule has 1 aliphatic heterocycles. The number of rotatable bonds is 8. The molecule has 1 aromatic carbocycles. The first kappa shape index (κ1) is 25.8. The van der Waals surface area contributed by atoms with Crippen LogP contribution >= 0.6 is 0 Å². The molecule has 0 bridgehead atoms. The van der Waals surface area contributed by atoms with Gasteiger partial charge in [-0.3, -0.25) is 0 Å². The largest absolute Gasteiger partial charge is 0.508 e. The van der Waals surface area contributed by atoms with Gasteiger partial charge in [0.15, 0.2) is 9.84 Å². The van der Waals surface area contributed by atoms with E-state index in [1.807, 2.05) is 39.8 Å². The summed E-state index contributed by atoms with van der Waals surface area (Å²) < 4.78 is 24.1. The lowest BCUT2D eigenvalue weighted by molar-refractivity contribution is 0.371. The predicted octanol–water partition coefficient (Wildman–Crippen LogP) is 4.82. The highest BCUT2D eigenvalue weighted by atomic mass is 32.2. The number of hydrogen-bond donors (Lipinski definition) is 2. The third kappa shape index (κ3) is 6.39. The molecule has 0 aliphatic carbocycles. The number of allylic oxidation sites excluding steroid dienone is 1. The molecule has 168 valence electrons. The van der Waals surface area contributed by atoms with Crippen molar-refractivity contribution in [2.75, 3.05) is 12.8 Å². The van der Waals surface area contributed by atoms with E-state index in [1.165, 1.54) is 6.26 Å². The Hall–Kier alpha value is -2.21. The Labute approximate surface area is 183 Å². The van der Waals surface area contributed by atoms with Gasteiger partial charge in [0, 0.05) is 42.9 Å². The highest BCUT2D eigenvalue weighted by molar-refractivity contribution is 7.91. The van der Waals surface area contributed by atoms with Gasteiger partial charge in [0.2, 0.25) is 0 Å². The van der Waals surface area contributed by atoms with Gasteiger partial charge in [0.1, 0.15) is 5.75 Å². The average molecular weight is 435 g/mol. The molecule has 2 rings (SSSR count). The van der Waals surface area contributed by atoms with E-state index in [1.54, 1.807) is 13.0 Å². The average Bonchev–Trinajstić information content (AvgIpc) is 3.09. The van der Waals surface area contributed by atoms with Gasteiger partial charge in [-0.2, -0.15) is 0 Å². The first-order valence-electron chi connectivity index (χ1n) is 10.7. The van der Waals surface area contributed by atoms with Crippen LogP contribution in [0.4, 0.5) is 0 Å². The maximum absolute atomic E-state index is 12.0. The van der Waals surface area contributed by atoms with Crippen LogP contribution in [-0.2, 0) is 22.9 Å². The monoisotopic (exact) mass is 434 g/mol. The predicted molar refractivity (Wildman–Crippen MR) is 127 cm³/mol. The Bertz CT molecular complexity index is 884. The van der Waals surface area contributed by atoms with Crippen molar-refractivity contribution in [1.82, 2.24) is 10.2 Å². The molecule has 1 unspecified atom stereocenters. The van der Waals surface area contributed by atoms with Gasteiger partial charge in [-0.1, -0.05) is 45.6 Å². The number of hydrogen-bond acceptors (Lipinski definition) is 5. The van der Waals surface area contributed by atoms with E-state index < -0.39 is 15.1 Å². The van der Waals surface area contributed by atoms with E-state index in [9.17, 15) is 13.5 Å². The molecule has 2 N–H and O–H groups in total. The Morgan fingerprint density at radius 2 is 1.83 bits per heavy atom. The van der Waals surface area contributed by atoms with Crippen LogP contribution < -0.4 is 5.32 Å². The van der Waals surface area contributed by atoms with Crippen LogP contribution in [0.5, 0.6) is 5.75 Å². The number of phenolic OH excluding ortho intramolecular Hbond substituents is 1. The number of sulfone groups is 1. The summed E-state index contributed by atoms with van der Waals surface area (Å²) >= 11 is 0. The summed E-state index contributed by atoms with van der Waals surface area (Å²) in [6.45, 7) is 18.0. The molecule has 0 spiro atoms. The minimum Gasteiger partial charge on any atom is -0.508 e. The Balaban J connectivity index is 0.00000218. The smallest absolute Gasteiger partial charge is 0.153 e. The van der Waals surface area contributed by atoms with Gasteiger partial charge in [0.05, 0.1) is 5.25 Å². The van der Waals surface area contributed by atoms with Crippen molar-refractivity contribution in [3.63, 3.8) is 0 Å². The Morgan fingerprint density at radius 3 is 2.33 bits per heavy atom. The minimum atomic E-state index is -3.21. The summed E-state index contributed by atoms with van der Waals surface area (Å²) in [6, 6.07) is 3.82. The molecule has 0 aromatic heterocycles. The molecule has 1 aliphatic rings. The van der Waals surface area contributed by atoms with Crippen molar-refractivity contribution in [3.8, 4) is 5.75 Å². The van der Waals surface area contributed by atoms with Crippen LogP contribution in [0.15, 0.2) is 47.8 Å². The van der Waals surface area contributed by atoms with Crippen molar-refractivity contribution in [3.05, 3.63) is 64.5 Å². The molecule has 0 radical (unpaired) electrons. The number of nitrogens with one attached hydrogen (secondary N) is 1. The number of likely N-dealkylation sites (N-methyl/N-ethyl adjacent to an activating group) is 1. The zero-order valence-electron chi connectivity index (χ0n) is 19.5. The van der Waals surface area contributed by atoms with E-state index in [4.69, 9.17) is 0 Å². The van der Waals surface area contributed by atoms with Gasteiger partial charge in [-0.25, -0.2) is 8.42 Å². The first-order valence-corrected chi connectivity index (χ1v) is 12.6. The van der Waals surface area contributed by atoms with E-state index in [0.29, 0.717) is 18.8 Å². The number of aromatic hydroxyl groups is 1. The van der Waals surface area contributed by atoms with Crippen molar-refractivity contribution in [1.29, 1.82) is 0 Å². The molecule has 30 heavy (non-hydrogen) atoms. The number of nitrogens with zero attached hydrogens (tertiary/aromatic N) is 1. The molecule has 5 nitrogen and oxygen atoms in total. The Morgan fingerprint density at radius 1 is 1.27 bits per heavy atom. The topological polar surface area (TPSA) is 69.6 Å². The molecular weight excluding hydrogens is 396 g/mol. The zero-order valence-corrected chi connectivity index (χ0v) is 20.4. The summed E-state index contributed by atoms with van der Waals surface area (Å²) in [7, 11) is -3.21. The second-order valence-electron chi connectivity index (χ2n) is 7.38. The quantitative estimate of drug-likeness (QED) is 0.574. The minimum absolute atomic E-state index is 0.298. The number of fused-ring (bicyclic) bond motifs is 1. The molecule has 0 saturated heterocycles. The van der Waals surface area contributed by atoms with Crippen molar-refractivity contribution in [2.24, 2.45) is 0 Å². The van der Waals surface area contributed by atoms with Crippen LogP contribution in [0.25, 0.3) is 0 Å². The van der Waals surface area contributed by atoms with E-state index in [-0.39, 0.29) is 0 Å². The van der Waals surface area contributed by atoms with Crippen molar-refractivity contribution in [2.45, 2.75) is 66.3 Å². The molecule has 1 aromatic rings. The standard InChI is InChI=1S/C22H32N2O3S.C2H6/c1-7-9-21(23-8-2)20(11-16(4)28(6,26)27)17(5)24-13-18-10-15(3)22(25)12-19(18)14-24;1-2/h9-12,16,23,25H,5,7-8,13-14H2,1-4,6H3;1-2H3/b20-11-,21-9+;. The van der Waals surface area contributed by atoms with Crippen LogP contribution in [0.1, 0.15) is 57.7 Å². The molecule has 1 heterocycles. The molecule has 0 amide bonds. The van der Waals surface area contributed by atoms with E-state index in [2.05, 4.69) is 29.8 Å². The second kappa shape index (κ2) is 11.3. The third-order valence-corrected chi connectivity index (χ3v) is 6.56. The van der Waals surface area contributed by atoms with Crippen LogP contribution in [0, 0.1) is 6.92 Å². The van der Waals surface area contributed by atoms with Crippen LogP contribution in [0.2, 0.25) is 0 Å². The van der Waals surface area contributed by atoms with E-state index >= 15 is 0 Å². The number of aryl methyl sites for hydroxylation is 1. The molecule has 1 atom stereocenters. The SMILES string of the molecule is C=C(C(=C/C(C)S(C)(=O)=O)/C(=C\CC)NCC)N1Cc2cc(C)c(O)cc2C1.CC. The van der Waals surface area contributed by atoms with Crippen LogP contribution in [0.3, 0.4) is 0 Å². The Kier molecular flexibility index (Phi) is 9.69. The summed E-state index contributed by atoms with van der Waals surface area (Å²) in [6.07, 6.45) is 5.93. The zero-order chi connectivity index (χ0) is 23.1. The van der Waals surface area contributed by atoms with Crippen molar-refractivity contribution >= 4 is 9.84 Å². The summed E-state index contributed by atoms with van der Waals surface area (Å²) in [4.78, 5) is 2.13. The second-order valence-corrected chi connectivity index (χ2v) is 9.78. The molecule has 0 saturated carbocycles. The van der Waals surface area contributed by atoms with Crippen molar-refractivity contribution < 1.29 is 13.5 Å². The van der Waals surface area contributed by atoms with Gasteiger partial charge in [-0.15, -0.1) is 0 Å².